The maximum absolute atomic E-state index is 10.9. The van der Waals surface area contributed by atoms with Gasteiger partial charge in [-0.25, -0.2) is 5.48 Å². The van der Waals surface area contributed by atoms with Crippen molar-refractivity contribution in [3.63, 3.8) is 0 Å². The SMILES string of the molecule is Cc1ccccc1C(O)C(=O)NO. The normalized spacial score (nSPS) is 12.2. The lowest BCUT2D eigenvalue weighted by molar-refractivity contribution is -0.138. The molecule has 1 aromatic carbocycles. The molecule has 0 aliphatic rings. The van der Waals surface area contributed by atoms with E-state index in [1.54, 1.807) is 25.1 Å². The predicted molar refractivity (Wildman–Crippen MR) is 46.1 cm³/mol. The van der Waals surface area contributed by atoms with Gasteiger partial charge in [-0.05, 0) is 18.1 Å². The zero-order valence-electron chi connectivity index (χ0n) is 7.19. The van der Waals surface area contributed by atoms with Crippen LogP contribution in [0.1, 0.15) is 17.2 Å². The molecule has 0 fully saturated rings. The van der Waals surface area contributed by atoms with Crippen LogP contribution >= 0.6 is 0 Å². The number of aliphatic hydroxyl groups excluding tert-OH is 1. The lowest BCUT2D eigenvalue weighted by Gasteiger charge is -2.10. The first-order valence-electron chi connectivity index (χ1n) is 3.84. The third kappa shape index (κ3) is 2.05. The van der Waals surface area contributed by atoms with Gasteiger partial charge in [-0.2, -0.15) is 0 Å². The molecule has 0 heterocycles. The first-order chi connectivity index (χ1) is 6.16. The number of amides is 1. The van der Waals surface area contributed by atoms with Gasteiger partial charge in [-0.3, -0.25) is 10.0 Å². The van der Waals surface area contributed by atoms with Gasteiger partial charge in [0.15, 0.2) is 6.10 Å². The van der Waals surface area contributed by atoms with Crippen molar-refractivity contribution in [1.82, 2.24) is 5.48 Å². The van der Waals surface area contributed by atoms with Crippen LogP contribution in [-0.2, 0) is 4.79 Å². The number of benzene rings is 1. The number of aliphatic hydroxyl groups is 1. The molecule has 1 aromatic rings. The number of hydrogen-bond acceptors (Lipinski definition) is 3. The van der Waals surface area contributed by atoms with Gasteiger partial charge in [-0.15, -0.1) is 0 Å². The molecule has 3 N–H and O–H groups in total. The van der Waals surface area contributed by atoms with Crippen molar-refractivity contribution in [2.24, 2.45) is 0 Å². The molecular formula is C9H11NO3. The van der Waals surface area contributed by atoms with Gasteiger partial charge in [-0.1, -0.05) is 24.3 Å². The van der Waals surface area contributed by atoms with E-state index in [-0.39, 0.29) is 0 Å². The maximum Gasteiger partial charge on any atom is 0.276 e. The maximum atomic E-state index is 10.9. The summed E-state index contributed by atoms with van der Waals surface area (Å²) in [4.78, 5) is 10.9. The molecule has 0 aliphatic carbocycles. The van der Waals surface area contributed by atoms with Gasteiger partial charge in [0.05, 0.1) is 0 Å². The Kier molecular flexibility index (Phi) is 3.00. The third-order valence-corrected chi connectivity index (χ3v) is 1.84. The monoisotopic (exact) mass is 181 g/mol. The van der Waals surface area contributed by atoms with Crippen LogP contribution in [0.15, 0.2) is 24.3 Å². The number of aryl methyl sites for hydroxylation is 1. The van der Waals surface area contributed by atoms with Crippen LogP contribution in [0.3, 0.4) is 0 Å². The summed E-state index contributed by atoms with van der Waals surface area (Å²) < 4.78 is 0. The van der Waals surface area contributed by atoms with Gasteiger partial charge in [0.1, 0.15) is 0 Å². The van der Waals surface area contributed by atoms with Crippen LogP contribution in [-0.4, -0.2) is 16.2 Å². The molecule has 4 heteroatoms. The molecule has 1 amide bonds. The number of rotatable bonds is 2. The smallest absolute Gasteiger partial charge is 0.276 e. The molecule has 1 rings (SSSR count). The van der Waals surface area contributed by atoms with Gasteiger partial charge >= 0.3 is 0 Å². The van der Waals surface area contributed by atoms with Crippen LogP contribution in [0.4, 0.5) is 0 Å². The third-order valence-electron chi connectivity index (χ3n) is 1.84. The molecular weight excluding hydrogens is 170 g/mol. The molecule has 70 valence electrons. The number of nitrogens with one attached hydrogen (secondary N) is 1. The fourth-order valence-electron chi connectivity index (χ4n) is 1.10. The minimum Gasteiger partial charge on any atom is -0.378 e. The second-order valence-corrected chi connectivity index (χ2v) is 2.74. The number of carbonyl (C=O) groups excluding carboxylic acids is 1. The molecule has 4 nitrogen and oxygen atoms in total. The molecule has 13 heavy (non-hydrogen) atoms. The van der Waals surface area contributed by atoms with E-state index < -0.39 is 12.0 Å². The first-order valence-corrected chi connectivity index (χ1v) is 3.84. The van der Waals surface area contributed by atoms with Crippen LogP contribution < -0.4 is 5.48 Å². The van der Waals surface area contributed by atoms with Crippen LogP contribution in [0.2, 0.25) is 0 Å². The summed E-state index contributed by atoms with van der Waals surface area (Å²) in [6, 6.07) is 6.94. The summed E-state index contributed by atoms with van der Waals surface area (Å²) in [5.41, 5.74) is 2.70. The quantitative estimate of drug-likeness (QED) is 0.460. The number of hydrogen-bond donors (Lipinski definition) is 3. The number of carbonyl (C=O) groups is 1. The average Bonchev–Trinajstić information content (AvgIpc) is 2.16. The Morgan fingerprint density at radius 2 is 2.08 bits per heavy atom. The summed E-state index contributed by atoms with van der Waals surface area (Å²) in [6.07, 6.45) is -1.31. The van der Waals surface area contributed by atoms with Crippen LogP contribution in [0.25, 0.3) is 0 Å². The molecule has 0 radical (unpaired) electrons. The van der Waals surface area contributed by atoms with E-state index >= 15 is 0 Å². The summed E-state index contributed by atoms with van der Waals surface area (Å²) in [5, 5.41) is 17.7. The highest BCUT2D eigenvalue weighted by Gasteiger charge is 2.17. The van der Waals surface area contributed by atoms with Crippen LogP contribution in [0.5, 0.6) is 0 Å². The first kappa shape index (κ1) is 9.70. The second-order valence-electron chi connectivity index (χ2n) is 2.74. The molecule has 0 saturated heterocycles. The highest BCUT2D eigenvalue weighted by Crippen LogP contribution is 2.16. The lowest BCUT2D eigenvalue weighted by Crippen LogP contribution is -2.26. The summed E-state index contributed by atoms with van der Waals surface area (Å²) in [7, 11) is 0. The van der Waals surface area contributed by atoms with Gasteiger partial charge in [0.25, 0.3) is 5.91 Å². The second kappa shape index (κ2) is 4.02. The topological polar surface area (TPSA) is 69.6 Å². The highest BCUT2D eigenvalue weighted by atomic mass is 16.5. The van der Waals surface area contributed by atoms with E-state index in [2.05, 4.69) is 0 Å². The van der Waals surface area contributed by atoms with E-state index in [0.29, 0.717) is 5.56 Å². The van der Waals surface area contributed by atoms with Gasteiger partial charge < -0.3 is 5.11 Å². The van der Waals surface area contributed by atoms with Crippen LogP contribution in [0, 0.1) is 6.92 Å². The fraction of sp³-hybridized carbons (Fsp3) is 0.222. The lowest BCUT2D eigenvalue weighted by atomic mass is 10.0. The Labute approximate surface area is 75.8 Å². The van der Waals surface area contributed by atoms with Crippen molar-refractivity contribution in [3.05, 3.63) is 35.4 Å². The zero-order chi connectivity index (χ0) is 9.84. The van der Waals surface area contributed by atoms with E-state index in [4.69, 9.17) is 5.21 Å². The van der Waals surface area contributed by atoms with Crippen molar-refractivity contribution >= 4 is 5.91 Å². The zero-order valence-corrected chi connectivity index (χ0v) is 7.19. The molecule has 1 atom stereocenters. The average molecular weight is 181 g/mol. The summed E-state index contributed by atoms with van der Waals surface area (Å²) in [5.74, 6) is -0.825. The molecule has 0 bridgehead atoms. The molecule has 0 saturated carbocycles. The van der Waals surface area contributed by atoms with Gasteiger partial charge in [0, 0.05) is 0 Å². The van der Waals surface area contributed by atoms with Gasteiger partial charge in [0.2, 0.25) is 0 Å². The van der Waals surface area contributed by atoms with E-state index in [1.807, 2.05) is 6.07 Å². The summed E-state index contributed by atoms with van der Waals surface area (Å²) >= 11 is 0. The van der Waals surface area contributed by atoms with Crippen molar-refractivity contribution in [2.75, 3.05) is 0 Å². The highest BCUT2D eigenvalue weighted by molar-refractivity contribution is 5.81. The standard InChI is InChI=1S/C9H11NO3/c1-6-4-2-3-5-7(6)8(11)9(12)10-13/h2-5,8,11,13H,1H3,(H,10,12). The minimum atomic E-state index is -1.31. The largest absolute Gasteiger partial charge is 0.378 e. The molecule has 0 spiro atoms. The Balaban J connectivity index is 2.95. The fourth-order valence-corrected chi connectivity index (χ4v) is 1.10. The molecule has 0 aromatic heterocycles. The van der Waals surface area contributed by atoms with Crippen molar-refractivity contribution < 1.29 is 15.1 Å². The predicted octanol–water partition coefficient (Wildman–Crippen LogP) is 0.534. The van der Waals surface area contributed by atoms with Crippen molar-refractivity contribution in [2.45, 2.75) is 13.0 Å². The van der Waals surface area contributed by atoms with E-state index in [0.717, 1.165) is 5.56 Å². The Bertz CT molecular complexity index is 311. The molecule has 0 aliphatic heterocycles. The van der Waals surface area contributed by atoms with Crippen molar-refractivity contribution in [3.8, 4) is 0 Å². The van der Waals surface area contributed by atoms with Crippen molar-refractivity contribution in [1.29, 1.82) is 0 Å². The number of hydroxylamine groups is 1. The molecule has 1 unspecified atom stereocenters. The van der Waals surface area contributed by atoms with E-state index in [9.17, 15) is 9.90 Å². The van der Waals surface area contributed by atoms with E-state index in [1.165, 1.54) is 5.48 Å². The Morgan fingerprint density at radius 1 is 1.46 bits per heavy atom. The minimum absolute atomic E-state index is 0.494. The Morgan fingerprint density at radius 3 is 2.62 bits per heavy atom. The summed E-state index contributed by atoms with van der Waals surface area (Å²) in [6.45, 7) is 1.78. The Hall–Kier alpha value is -1.39.